The number of carbonyl (C=O) groups is 1. The van der Waals surface area contributed by atoms with Crippen LogP contribution in [0.4, 0.5) is 30.9 Å². The smallest absolute Gasteiger partial charge is 0.382 e. The van der Waals surface area contributed by atoms with Crippen LogP contribution in [0.25, 0.3) is 11.4 Å². The quantitative estimate of drug-likeness (QED) is 0.474. The number of hydrogen-bond donors (Lipinski definition) is 1. The maximum absolute atomic E-state index is 14.1. The Morgan fingerprint density at radius 2 is 1.59 bits per heavy atom. The summed E-state index contributed by atoms with van der Waals surface area (Å²) in [5, 5.41) is 2.32. The summed E-state index contributed by atoms with van der Waals surface area (Å²) in [7, 11) is 1.48. The molecule has 2 aromatic heterocycles. The van der Waals surface area contributed by atoms with Gasteiger partial charge in [-0.3, -0.25) is 4.79 Å². The molecular weight excluding hydrogens is 499 g/mol. The van der Waals surface area contributed by atoms with Crippen molar-refractivity contribution in [3.8, 4) is 11.4 Å². The van der Waals surface area contributed by atoms with Crippen molar-refractivity contribution < 1.29 is 36.9 Å². The number of amides is 1. The van der Waals surface area contributed by atoms with Crippen LogP contribution < -0.4 is 15.1 Å². The fraction of sp³-hybridized carbons (Fsp3) is 0.591. The lowest BCUT2D eigenvalue weighted by Crippen LogP contribution is -2.40. The lowest BCUT2D eigenvalue weighted by molar-refractivity contribution is -0.137. The highest BCUT2D eigenvalue weighted by Gasteiger charge is 2.36. The van der Waals surface area contributed by atoms with E-state index in [1.165, 1.54) is 7.11 Å². The third kappa shape index (κ3) is 7.21. The maximum Gasteiger partial charge on any atom is 0.417 e. The normalized spacial score (nSPS) is 16.6. The number of morpholine rings is 2. The molecule has 37 heavy (non-hydrogen) atoms. The molecule has 4 heterocycles. The first-order chi connectivity index (χ1) is 17.8. The van der Waals surface area contributed by atoms with Crippen molar-refractivity contribution in [1.82, 2.24) is 19.9 Å². The number of rotatable bonds is 9. The summed E-state index contributed by atoms with van der Waals surface area (Å²) in [4.78, 5) is 33.1. The molecule has 15 heteroatoms. The molecule has 4 rings (SSSR count). The van der Waals surface area contributed by atoms with Gasteiger partial charge in [0.1, 0.15) is 12.4 Å². The number of ether oxygens (including phenoxy) is 4. The Bertz CT molecular complexity index is 1030. The number of hydrogen-bond acceptors (Lipinski definition) is 11. The molecule has 0 saturated carbocycles. The summed E-state index contributed by atoms with van der Waals surface area (Å²) in [5.74, 6) is -0.568. The molecule has 2 aliphatic heterocycles. The second-order valence-electron chi connectivity index (χ2n) is 8.16. The molecule has 202 valence electrons. The number of methoxy groups -OCH3 is 1. The van der Waals surface area contributed by atoms with Crippen LogP contribution in [0.15, 0.2) is 12.3 Å². The van der Waals surface area contributed by atoms with Gasteiger partial charge >= 0.3 is 6.18 Å². The molecule has 2 aliphatic rings. The van der Waals surface area contributed by atoms with E-state index in [1.54, 1.807) is 0 Å². The monoisotopic (exact) mass is 527 g/mol. The van der Waals surface area contributed by atoms with Gasteiger partial charge in [0.25, 0.3) is 5.91 Å². The van der Waals surface area contributed by atoms with Crippen LogP contribution in [0.3, 0.4) is 0 Å². The van der Waals surface area contributed by atoms with Gasteiger partial charge in [-0.1, -0.05) is 0 Å². The molecule has 2 saturated heterocycles. The van der Waals surface area contributed by atoms with Crippen molar-refractivity contribution in [2.24, 2.45) is 0 Å². The molecular formula is C22H28F3N7O5. The van der Waals surface area contributed by atoms with E-state index in [2.05, 4.69) is 25.3 Å². The summed E-state index contributed by atoms with van der Waals surface area (Å²) in [6.45, 7) is 3.87. The number of carbonyl (C=O) groups excluding carboxylic acids is 1. The Balaban J connectivity index is 1.66. The lowest BCUT2D eigenvalue weighted by Gasteiger charge is -2.30. The zero-order chi connectivity index (χ0) is 26.3. The number of alkyl halides is 3. The van der Waals surface area contributed by atoms with E-state index in [0.29, 0.717) is 52.6 Å². The average molecular weight is 528 g/mol. The third-order valence-electron chi connectivity index (χ3n) is 5.58. The van der Waals surface area contributed by atoms with Crippen LogP contribution in [-0.2, 0) is 29.9 Å². The fourth-order valence-corrected chi connectivity index (χ4v) is 3.71. The molecule has 2 aromatic rings. The Kier molecular flexibility index (Phi) is 9.02. The Hall–Kier alpha value is -3.14. The van der Waals surface area contributed by atoms with Gasteiger partial charge in [0.15, 0.2) is 5.82 Å². The van der Waals surface area contributed by atoms with E-state index in [0.717, 1.165) is 12.3 Å². The minimum absolute atomic E-state index is 0.167. The highest BCUT2D eigenvalue weighted by atomic mass is 19.4. The second-order valence-corrected chi connectivity index (χ2v) is 8.16. The summed E-state index contributed by atoms with van der Waals surface area (Å²) in [6, 6.07) is 0.759. The molecule has 0 aliphatic carbocycles. The topological polar surface area (TPSA) is 124 Å². The highest BCUT2D eigenvalue weighted by molar-refractivity contribution is 5.91. The van der Waals surface area contributed by atoms with Gasteiger partial charge in [0.2, 0.25) is 11.9 Å². The summed E-state index contributed by atoms with van der Waals surface area (Å²) >= 11 is 0. The van der Waals surface area contributed by atoms with Gasteiger partial charge in [-0.25, -0.2) is 4.98 Å². The van der Waals surface area contributed by atoms with Crippen molar-refractivity contribution in [2.45, 2.75) is 6.18 Å². The Morgan fingerprint density at radius 1 is 1.00 bits per heavy atom. The molecule has 0 bridgehead atoms. The summed E-state index contributed by atoms with van der Waals surface area (Å²) in [5.41, 5.74) is -1.36. The molecule has 0 radical (unpaired) electrons. The number of halogens is 3. The first-order valence-corrected chi connectivity index (χ1v) is 11.7. The minimum atomic E-state index is -4.77. The predicted molar refractivity (Wildman–Crippen MR) is 125 cm³/mol. The van der Waals surface area contributed by atoms with Crippen LogP contribution in [0.5, 0.6) is 0 Å². The average Bonchev–Trinajstić information content (AvgIpc) is 2.91. The van der Waals surface area contributed by atoms with Crippen molar-refractivity contribution in [3.63, 3.8) is 0 Å². The zero-order valence-electron chi connectivity index (χ0n) is 20.3. The Labute approximate surface area is 211 Å². The van der Waals surface area contributed by atoms with Gasteiger partial charge in [0, 0.05) is 39.5 Å². The summed E-state index contributed by atoms with van der Waals surface area (Å²) in [6.07, 6.45) is -3.76. The molecule has 0 unspecified atom stereocenters. The van der Waals surface area contributed by atoms with Crippen molar-refractivity contribution in [3.05, 3.63) is 17.8 Å². The van der Waals surface area contributed by atoms with E-state index < -0.39 is 17.6 Å². The van der Waals surface area contributed by atoms with Gasteiger partial charge in [0.05, 0.1) is 50.8 Å². The van der Waals surface area contributed by atoms with Crippen molar-refractivity contribution in [1.29, 1.82) is 0 Å². The van der Waals surface area contributed by atoms with Gasteiger partial charge in [-0.15, -0.1) is 0 Å². The molecule has 0 aromatic carbocycles. The van der Waals surface area contributed by atoms with Gasteiger partial charge < -0.3 is 34.1 Å². The SMILES string of the molecule is COCCOCC(=O)Nc1cc(C(F)(F)F)c(-c2nc(N3CCOCC3)nc(N3CCOCC3)n2)cn1. The largest absolute Gasteiger partial charge is 0.417 e. The first-order valence-electron chi connectivity index (χ1n) is 11.7. The zero-order valence-corrected chi connectivity index (χ0v) is 20.3. The number of nitrogens with zero attached hydrogens (tertiary/aromatic N) is 6. The number of nitrogens with one attached hydrogen (secondary N) is 1. The Morgan fingerprint density at radius 3 is 2.14 bits per heavy atom. The second kappa shape index (κ2) is 12.4. The van der Waals surface area contributed by atoms with Crippen LogP contribution in [0.1, 0.15) is 5.56 Å². The molecule has 1 amide bonds. The lowest BCUT2D eigenvalue weighted by atomic mass is 10.1. The predicted octanol–water partition coefficient (Wildman–Crippen LogP) is 1.23. The van der Waals surface area contributed by atoms with Crippen LogP contribution in [0, 0.1) is 0 Å². The van der Waals surface area contributed by atoms with Crippen molar-refractivity contribution in [2.75, 3.05) is 94.7 Å². The van der Waals surface area contributed by atoms with Gasteiger partial charge in [-0.05, 0) is 6.07 Å². The molecule has 2 fully saturated rings. The number of anilines is 3. The van der Waals surface area contributed by atoms with E-state index in [-0.39, 0.29) is 48.9 Å². The van der Waals surface area contributed by atoms with E-state index in [1.807, 2.05) is 9.80 Å². The number of pyridine rings is 1. The maximum atomic E-state index is 14.1. The minimum Gasteiger partial charge on any atom is -0.382 e. The summed E-state index contributed by atoms with van der Waals surface area (Å²) < 4.78 is 63.1. The van der Waals surface area contributed by atoms with Crippen LogP contribution in [0.2, 0.25) is 0 Å². The standard InChI is InChI=1S/C22H28F3N7O5/c1-34-10-11-37-14-18(33)27-17-12-16(22(23,24)25)15(13-26-17)19-28-20(31-2-6-35-7-3-31)30-21(29-19)32-4-8-36-9-5-32/h12-13H,2-11,14H2,1H3,(H,26,27,33). The highest BCUT2D eigenvalue weighted by Crippen LogP contribution is 2.37. The van der Waals surface area contributed by atoms with Gasteiger partial charge in [-0.2, -0.15) is 28.1 Å². The molecule has 12 nitrogen and oxygen atoms in total. The van der Waals surface area contributed by atoms with E-state index in [4.69, 9.17) is 18.9 Å². The van der Waals surface area contributed by atoms with Crippen LogP contribution >= 0.6 is 0 Å². The van der Waals surface area contributed by atoms with E-state index >= 15 is 0 Å². The van der Waals surface area contributed by atoms with E-state index in [9.17, 15) is 18.0 Å². The number of aromatic nitrogens is 4. The third-order valence-corrected chi connectivity index (χ3v) is 5.58. The fourth-order valence-electron chi connectivity index (χ4n) is 3.71. The first kappa shape index (κ1) is 26.9. The molecule has 1 N–H and O–H groups in total. The molecule has 0 spiro atoms. The molecule has 0 atom stereocenters. The van der Waals surface area contributed by atoms with Crippen LogP contribution in [-0.4, -0.2) is 105 Å². The van der Waals surface area contributed by atoms with Crippen molar-refractivity contribution >= 4 is 23.6 Å².